The third kappa shape index (κ3) is 6.09. The first-order valence-corrected chi connectivity index (χ1v) is 9.37. The molecule has 1 unspecified atom stereocenters. The molecule has 144 valence electrons. The Labute approximate surface area is 169 Å². The zero-order chi connectivity index (χ0) is 17.4. The summed E-state index contributed by atoms with van der Waals surface area (Å²) in [6, 6.07) is 0.647. The summed E-state index contributed by atoms with van der Waals surface area (Å²) in [5.74, 6) is 2.07. The summed E-state index contributed by atoms with van der Waals surface area (Å²) in [7, 11) is 0. The van der Waals surface area contributed by atoms with Crippen molar-refractivity contribution in [2.45, 2.75) is 53.1 Å². The first kappa shape index (κ1) is 22.1. The molecule has 1 aromatic rings. The minimum atomic E-state index is 0. The molecule has 0 saturated carbocycles. The van der Waals surface area contributed by atoms with Crippen molar-refractivity contribution < 1.29 is 0 Å². The van der Waals surface area contributed by atoms with Gasteiger partial charge in [0.1, 0.15) is 12.2 Å². The minimum Gasteiger partial charge on any atom is -0.357 e. The molecule has 0 amide bonds. The minimum absolute atomic E-state index is 0. The Hall–Kier alpha value is -0.900. The van der Waals surface area contributed by atoms with E-state index in [4.69, 9.17) is 4.99 Å². The molecule has 7 nitrogen and oxygen atoms in total. The average molecular weight is 463 g/mol. The Morgan fingerprint density at radius 2 is 2.08 bits per heavy atom. The molecule has 1 fully saturated rings. The summed E-state index contributed by atoms with van der Waals surface area (Å²) in [6.45, 7) is 15.6. The molecule has 2 rings (SSSR count). The van der Waals surface area contributed by atoms with E-state index in [1.807, 2.05) is 0 Å². The number of nitrogens with zero attached hydrogens (tertiary/aromatic N) is 6. The molecule has 1 atom stereocenters. The second kappa shape index (κ2) is 11.7. The van der Waals surface area contributed by atoms with Crippen molar-refractivity contribution in [1.29, 1.82) is 0 Å². The first-order chi connectivity index (χ1) is 11.7. The largest absolute Gasteiger partial charge is 0.357 e. The van der Waals surface area contributed by atoms with Crippen molar-refractivity contribution in [3.05, 3.63) is 12.2 Å². The Morgan fingerprint density at radius 1 is 1.32 bits per heavy atom. The molecule has 1 aromatic heterocycles. The van der Waals surface area contributed by atoms with Crippen LogP contribution >= 0.6 is 24.0 Å². The van der Waals surface area contributed by atoms with Gasteiger partial charge in [-0.25, -0.2) is 0 Å². The number of aryl methyl sites for hydroxylation is 1. The fourth-order valence-electron chi connectivity index (χ4n) is 3.40. The Balaban J connectivity index is 0.00000312. The Morgan fingerprint density at radius 3 is 2.72 bits per heavy atom. The zero-order valence-corrected chi connectivity index (χ0v) is 18.4. The van der Waals surface area contributed by atoms with Gasteiger partial charge in [0.25, 0.3) is 0 Å². The van der Waals surface area contributed by atoms with Gasteiger partial charge in [0.05, 0.1) is 6.54 Å². The number of guanidine groups is 1. The molecular weight excluding hydrogens is 429 g/mol. The normalized spacial score (nSPS) is 17.9. The molecule has 8 heteroatoms. The van der Waals surface area contributed by atoms with E-state index in [1.165, 1.54) is 6.42 Å². The van der Waals surface area contributed by atoms with Crippen LogP contribution in [0.15, 0.2) is 11.3 Å². The van der Waals surface area contributed by atoms with E-state index in [1.54, 1.807) is 6.33 Å². The second-order valence-electron chi connectivity index (χ2n) is 6.14. The maximum absolute atomic E-state index is 4.83. The molecule has 0 bridgehead atoms. The van der Waals surface area contributed by atoms with Gasteiger partial charge in [-0.05, 0) is 26.4 Å². The number of aliphatic imine (C=N–C) groups is 1. The topological polar surface area (TPSA) is 61.6 Å². The molecule has 0 spiro atoms. The fourth-order valence-corrected chi connectivity index (χ4v) is 3.40. The van der Waals surface area contributed by atoms with E-state index in [0.29, 0.717) is 6.04 Å². The maximum atomic E-state index is 4.83. The summed E-state index contributed by atoms with van der Waals surface area (Å²) in [5, 5.41) is 11.6. The van der Waals surface area contributed by atoms with Crippen LogP contribution in [0.3, 0.4) is 0 Å². The molecule has 1 N–H and O–H groups in total. The van der Waals surface area contributed by atoms with E-state index in [2.05, 4.69) is 57.6 Å². The molecule has 0 radical (unpaired) electrons. The molecule has 0 aromatic carbocycles. The summed E-state index contributed by atoms with van der Waals surface area (Å²) in [4.78, 5) is 9.78. The number of aromatic nitrogens is 3. The van der Waals surface area contributed by atoms with Gasteiger partial charge in [-0.15, -0.1) is 34.2 Å². The second-order valence-corrected chi connectivity index (χ2v) is 6.14. The highest BCUT2D eigenvalue weighted by Crippen LogP contribution is 2.15. The lowest BCUT2D eigenvalue weighted by molar-refractivity contribution is 0.223. The van der Waals surface area contributed by atoms with Crippen molar-refractivity contribution in [2.75, 3.05) is 39.3 Å². The van der Waals surface area contributed by atoms with Gasteiger partial charge in [0, 0.05) is 38.6 Å². The van der Waals surface area contributed by atoms with Crippen molar-refractivity contribution in [3.63, 3.8) is 0 Å². The first-order valence-electron chi connectivity index (χ1n) is 9.37. The van der Waals surface area contributed by atoms with Crippen molar-refractivity contribution in [3.8, 4) is 0 Å². The van der Waals surface area contributed by atoms with Gasteiger partial charge >= 0.3 is 0 Å². The highest BCUT2D eigenvalue weighted by Gasteiger charge is 2.27. The lowest BCUT2D eigenvalue weighted by Crippen LogP contribution is -2.43. The number of hydrogen-bond donors (Lipinski definition) is 1. The average Bonchev–Trinajstić information content (AvgIpc) is 3.24. The zero-order valence-electron chi connectivity index (χ0n) is 16.1. The molecule has 25 heavy (non-hydrogen) atoms. The van der Waals surface area contributed by atoms with Crippen molar-refractivity contribution in [1.82, 2.24) is 29.9 Å². The SMILES string of the molecule is CCNC(=NCCn1cnnc1CC)N1CCC(N(CC)CC)C1.I. The maximum Gasteiger partial charge on any atom is 0.194 e. The van der Waals surface area contributed by atoms with Crippen LogP contribution in [0.4, 0.5) is 0 Å². The lowest BCUT2D eigenvalue weighted by Gasteiger charge is -2.27. The number of hydrogen-bond acceptors (Lipinski definition) is 4. The van der Waals surface area contributed by atoms with Crippen LogP contribution in [0.2, 0.25) is 0 Å². The van der Waals surface area contributed by atoms with Gasteiger partial charge < -0.3 is 14.8 Å². The van der Waals surface area contributed by atoms with Crippen molar-refractivity contribution in [2.24, 2.45) is 4.99 Å². The van der Waals surface area contributed by atoms with E-state index in [9.17, 15) is 0 Å². The van der Waals surface area contributed by atoms with Crippen LogP contribution < -0.4 is 5.32 Å². The number of rotatable bonds is 8. The van der Waals surface area contributed by atoms with Crippen LogP contribution in [0.1, 0.15) is 39.9 Å². The number of likely N-dealkylation sites (tertiary alicyclic amines) is 1. The molecule has 1 aliphatic heterocycles. The predicted octanol–water partition coefficient (Wildman–Crippen LogP) is 1.84. The van der Waals surface area contributed by atoms with E-state index >= 15 is 0 Å². The molecule has 1 saturated heterocycles. The number of nitrogens with one attached hydrogen (secondary N) is 1. The standard InChI is InChI=1S/C17H33N7.HI/c1-5-16-21-20-14-24(16)12-10-19-17(18-6-2)23-11-9-15(13-23)22(7-3)8-4;/h14-15H,5-13H2,1-4H3,(H,18,19);1H. The van der Waals surface area contributed by atoms with Crippen LogP contribution in [0.25, 0.3) is 0 Å². The van der Waals surface area contributed by atoms with E-state index in [-0.39, 0.29) is 24.0 Å². The van der Waals surface area contributed by atoms with Gasteiger partial charge in [0.2, 0.25) is 0 Å². The number of likely N-dealkylation sites (N-methyl/N-ethyl adjacent to an activating group) is 1. The number of halogens is 1. The molecule has 2 heterocycles. The molecule has 1 aliphatic rings. The summed E-state index contributed by atoms with van der Waals surface area (Å²) in [5.41, 5.74) is 0. The monoisotopic (exact) mass is 463 g/mol. The lowest BCUT2D eigenvalue weighted by atomic mass is 10.2. The quantitative estimate of drug-likeness (QED) is 0.362. The molecule has 0 aliphatic carbocycles. The molecular formula is C17H34IN7. The van der Waals surface area contributed by atoms with Gasteiger partial charge in [-0.2, -0.15) is 0 Å². The van der Waals surface area contributed by atoms with Gasteiger partial charge in [-0.3, -0.25) is 9.89 Å². The van der Waals surface area contributed by atoms with Gasteiger partial charge in [-0.1, -0.05) is 20.8 Å². The fraction of sp³-hybridized carbons (Fsp3) is 0.824. The van der Waals surface area contributed by atoms with Crippen LogP contribution in [0, 0.1) is 0 Å². The summed E-state index contributed by atoms with van der Waals surface area (Å²) >= 11 is 0. The van der Waals surface area contributed by atoms with Crippen molar-refractivity contribution >= 4 is 29.9 Å². The third-order valence-corrected chi connectivity index (χ3v) is 4.74. The summed E-state index contributed by atoms with van der Waals surface area (Å²) < 4.78 is 2.09. The van der Waals surface area contributed by atoms with Crippen LogP contribution in [-0.2, 0) is 13.0 Å². The third-order valence-electron chi connectivity index (χ3n) is 4.74. The van der Waals surface area contributed by atoms with Crippen LogP contribution in [-0.4, -0.2) is 75.8 Å². The van der Waals surface area contributed by atoms with E-state index in [0.717, 1.165) is 64.0 Å². The highest BCUT2D eigenvalue weighted by atomic mass is 127. The highest BCUT2D eigenvalue weighted by molar-refractivity contribution is 14.0. The van der Waals surface area contributed by atoms with Crippen LogP contribution in [0.5, 0.6) is 0 Å². The smallest absolute Gasteiger partial charge is 0.194 e. The predicted molar refractivity (Wildman–Crippen MR) is 114 cm³/mol. The summed E-state index contributed by atoms with van der Waals surface area (Å²) in [6.07, 6.45) is 3.92. The Kier molecular flexibility index (Phi) is 10.3. The van der Waals surface area contributed by atoms with Gasteiger partial charge in [0.15, 0.2) is 5.96 Å². The Bertz CT molecular complexity index is 513. The van der Waals surface area contributed by atoms with E-state index < -0.39 is 0 Å².